The molecule has 0 aliphatic heterocycles. The number of ether oxygens (including phenoxy) is 1. The van der Waals surface area contributed by atoms with E-state index in [1.807, 2.05) is 6.92 Å². The van der Waals surface area contributed by atoms with Gasteiger partial charge in [0.1, 0.15) is 17.3 Å². The predicted molar refractivity (Wildman–Crippen MR) is 77.9 cm³/mol. The highest BCUT2D eigenvalue weighted by molar-refractivity contribution is 9.10. The van der Waals surface area contributed by atoms with Gasteiger partial charge in [-0.1, -0.05) is 5.16 Å². The molecule has 0 amide bonds. The van der Waals surface area contributed by atoms with Crippen LogP contribution in [0.1, 0.15) is 11.1 Å². The second kappa shape index (κ2) is 5.92. The first kappa shape index (κ1) is 14.3. The molecule has 0 bridgehead atoms. The minimum absolute atomic E-state index is 0.0389. The largest absolute Gasteiger partial charge is 0.456 e. The number of hydrogen-bond acceptors (Lipinski definition) is 3. The van der Waals surface area contributed by atoms with Crippen molar-refractivity contribution in [3.8, 4) is 11.5 Å². The molecule has 0 saturated carbocycles. The van der Waals surface area contributed by atoms with Crippen molar-refractivity contribution in [3.63, 3.8) is 0 Å². The van der Waals surface area contributed by atoms with Crippen molar-refractivity contribution < 1.29 is 14.3 Å². The summed E-state index contributed by atoms with van der Waals surface area (Å²) in [6.07, 6.45) is 0. The number of nitrogens with two attached hydrogens (primary N) is 1. The molecule has 0 heterocycles. The molecule has 0 saturated heterocycles. The van der Waals surface area contributed by atoms with Crippen molar-refractivity contribution in [2.45, 2.75) is 6.92 Å². The molecule has 4 nitrogen and oxygen atoms in total. The fourth-order valence-corrected chi connectivity index (χ4v) is 2.16. The van der Waals surface area contributed by atoms with Gasteiger partial charge in [-0.15, -0.1) is 0 Å². The van der Waals surface area contributed by atoms with E-state index in [2.05, 4.69) is 21.1 Å². The van der Waals surface area contributed by atoms with Gasteiger partial charge >= 0.3 is 0 Å². The quantitative estimate of drug-likeness (QED) is 0.387. The second-order valence-electron chi connectivity index (χ2n) is 4.14. The summed E-state index contributed by atoms with van der Waals surface area (Å²) in [5, 5.41) is 11.6. The summed E-state index contributed by atoms with van der Waals surface area (Å²) in [4.78, 5) is 0. The Bertz CT molecular complexity index is 674. The van der Waals surface area contributed by atoms with Crippen LogP contribution < -0.4 is 10.5 Å². The molecule has 0 aliphatic rings. The summed E-state index contributed by atoms with van der Waals surface area (Å²) in [6, 6.07) is 9.31. The molecular weight excluding hydrogens is 327 g/mol. The van der Waals surface area contributed by atoms with Gasteiger partial charge in [-0.05, 0) is 64.8 Å². The van der Waals surface area contributed by atoms with Crippen molar-refractivity contribution in [2.24, 2.45) is 10.9 Å². The third-order valence-electron chi connectivity index (χ3n) is 2.70. The van der Waals surface area contributed by atoms with Crippen LogP contribution in [0.4, 0.5) is 4.39 Å². The van der Waals surface area contributed by atoms with Crippen molar-refractivity contribution in [2.75, 3.05) is 0 Å². The molecule has 0 unspecified atom stereocenters. The highest BCUT2D eigenvalue weighted by Crippen LogP contribution is 2.31. The number of aryl methyl sites for hydroxylation is 1. The molecular formula is C14H12BrFN2O2. The highest BCUT2D eigenvalue weighted by atomic mass is 79.9. The van der Waals surface area contributed by atoms with Crippen LogP contribution in [0.5, 0.6) is 11.5 Å². The summed E-state index contributed by atoms with van der Waals surface area (Å²) in [5.74, 6) is 0.770. The van der Waals surface area contributed by atoms with Crippen LogP contribution in [0, 0.1) is 12.7 Å². The molecule has 0 spiro atoms. The summed E-state index contributed by atoms with van der Waals surface area (Å²) < 4.78 is 19.2. The molecule has 3 N–H and O–H groups in total. The third kappa shape index (κ3) is 3.08. The predicted octanol–water partition coefficient (Wildman–Crippen LogP) is 3.78. The number of amidine groups is 1. The Morgan fingerprint density at radius 1 is 1.30 bits per heavy atom. The summed E-state index contributed by atoms with van der Waals surface area (Å²) in [5.41, 5.74) is 6.97. The minimum Gasteiger partial charge on any atom is -0.456 e. The van der Waals surface area contributed by atoms with E-state index >= 15 is 0 Å². The monoisotopic (exact) mass is 338 g/mol. The summed E-state index contributed by atoms with van der Waals surface area (Å²) >= 11 is 3.23. The van der Waals surface area contributed by atoms with Crippen LogP contribution >= 0.6 is 15.9 Å². The van der Waals surface area contributed by atoms with Crippen LogP contribution in [0.2, 0.25) is 0 Å². The number of oxime groups is 1. The maximum atomic E-state index is 13.0. The Morgan fingerprint density at radius 3 is 2.65 bits per heavy atom. The van der Waals surface area contributed by atoms with E-state index in [9.17, 15) is 4.39 Å². The fraction of sp³-hybridized carbons (Fsp3) is 0.0714. The van der Waals surface area contributed by atoms with Crippen LogP contribution in [0.15, 0.2) is 46.0 Å². The lowest BCUT2D eigenvalue weighted by Crippen LogP contribution is -2.14. The number of nitrogens with zero attached hydrogens (tertiary/aromatic N) is 1. The molecule has 0 atom stereocenters. The van der Waals surface area contributed by atoms with Gasteiger partial charge < -0.3 is 15.7 Å². The van der Waals surface area contributed by atoms with Gasteiger partial charge in [0.2, 0.25) is 0 Å². The van der Waals surface area contributed by atoms with Crippen molar-refractivity contribution in [1.29, 1.82) is 0 Å². The Labute approximate surface area is 123 Å². The number of halogens is 2. The van der Waals surface area contributed by atoms with E-state index < -0.39 is 0 Å². The van der Waals surface area contributed by atoms with Gasteiger partial charge in [0.15, 0.2) is 5.84 Å². The molecule has 20 heavy (non-hydrogen) atoms. The van der Waals surface area contributed by atoms with Gasteiger partial charge in [-0.3, -0.25) is 0 Å². The maximum Gasteiger partial charge on any atom is 0.170 e. The van der Waals surface area contributed by atoms with Crippen LogP contribution in [-0.2, 0) is 0 Å². The Balaban J connectivity index is 2.29. The highest BCUT2D eigenvalue weighted by Gasteiger charge is 2.08. The number of benzene rings is 2. The molecule has 0 aliphatic carbocycles. The van der Waals surface area contributed by atoms with Gasteiger partial charge in [-0.25, -0.2) is 4.39 Å². The topological polar surface area (TPSA) is 67.8 Å². The number of rotatable bonds is 3. The zero-order valence-electron chi connectivity index (χ0n) is 10.6. The standard InChI is InChI=1S/C14H12BrFN2O2/c1-8-6-10(3-4-11(8)14(17)18-19)20-13-5-2-9(16)7-12(13)15/h2-7,19H,1H3,(H2,17,18). The third-order valence-corrected chi connectivity index (χ3v) is 3.32. The smallest absolute Gasteiger partial charge is 0.170 e. The Hall–Kier alpha value is -2.08. The van der Waals surface area contributed by atoms with Crippen molar-refractivity contribution >= 4 is 21.8 Å². The normalized spacial score (nSPS) is 11.4. The van der Waals surface area contributed by atoms with Gasteiger partial charge in [-0.2, -0.15) is 0 Å². The molecule has 0 fully saturated rings. The lowest BCUT2D eigenvalue weighted by atomic mass is 10.1. The van der Waals surface area contributed by atoms with Crippen molar-refractivity contribution in [3.05, 3.63) is 57.8 Å². The van der Waals surface area contributed by atoms with Crippen molar-refractivity contribution in [1.82, 2.24) is 0 Å². The van der Waals surface area contributed by atoms with E-state index in [4.69, 9.17) is 15.7 Å². The summed E-state index contributed by atoms with van der Waals surface area (Å²) in [7, 11) is 0. The lowest BCUT2D eigenvalue weighted by Gasteiger charge is -2.10. The first-order chi connectivity index (χ1) is 9.51. The Kier molecular flexibility index (Phi) is 4.24. The van der Waals surface area contributed by atoms with E-state index in [0.717, 1.165) is 5.56 Å². The van der Waals surface area contributed by atoms with Gasteiger partial charge in [0.05, 0.1) is 4.47 Å². The fourth-order valence-electron chi connectivity index (χ4n) is 1.73. The molecule has 104 valence electrons. The molecule has 6 heteroatoms. The SMILES string of the molecule is Cc1cc(Oc2ccc(F)cc2Br)ccc1/C(N)=N/O. The zero-order valence-corrected chi connectivity index (χ0v) is 12.2. The zero-order chi connectivity index (χ0) is 14.7. The number of hydrogen-bond donors (Lipinski definition) is 2. The summed E-state index contributed by atoms with van der Waals surface area (Å²) in [6.45, 7) is 1.82. The first-order valence-electron chi connectivity index (χ1n) is 5.72. The molecule has 2 rings (SSSR count). The average molecular weight is 339 g/mol. The molecule has 2 aromatic carbocycles. The van der Waals surface area contributed by atoms with Crippen LogP contribution in [0.25, 0.3) is 0 Å². The Morgan fingerprint density at radius 2 is 2.05 bits per heavy atom. The molecule has 2 aromatic rings. The van der Waals surface area contributed by atoms with E-state index in [1.54, 1.807) is 18.2 Å². The first-order valence-corrected chi connectivity index (χ1v) is 6.52. The van der Waals surface area contributed by atoms with Gasteiger partial charge in [0.25, 0.3) is 0 Å². The van der Waals surface area contributed by atoms with Crippen LogP contribution in [0.3, 0.4) is 0 Å². The van der Waals surface area contributed by atoms with Crippen LogP contribution in [-0.4, -0.2) is 11.0 Å². The van der Waals surface area contributed by atoms with Gasteiger partial charge in [0, 0.05) is 5.56 Å². The van der Waals surface area contributed by atoms with E-state index in [-0.39, 0.29) is 11.7 Å². The second-order valence-corrected chi connectivity index (χ2v) is 4.99. The molecule has 0 radical (unpaired) electrons. The van der Waals surface area contributed by atoms with E-state index in [0.29, 0.717) is 21.5 Å². The minimum atomic E-state index is -0.345. The molecule has 0 aromatic heterocycles. The average Bonchev–Trinajstić information content (AvgIpc) is 2.41. The maximum absolute atomic E-state index is 13.0. The lowest BCUT2D eigenvalue weighted by molar-refractivity contribution is 0.318. The van der Waals surface area contributed by atoms with E-state index in [1.165, 1.54) is 18.2 Å².